The third-order valence-electron chi connectivity index (χ3n) is 7.62. The van der Waals surface area contributed by atoms with Crippen LogP contribution in [0.2, 0.25) is 0 Å². The summed E-state index contributed by atoms with van der Waals surface area (Å²) in [7, 11) is -6.89. The summed E-state index contributed by atoms with van der Waals surface area (Å²) in [6, 6.07) is 0. The monoisotopic (exact) mass is 1080 g/mol. The Morgan fingerprint density at radius 3 is 0.677 bits per heavy atom. The maximum atomic E-state index is 14.0. The highest BCUT2D eigenvalue weighted by Crippen LogP contribution is 2.66. The predicted molar refractivity (Wildman–Crippen MR) is 128 cm³/mol. The van der Waals surface area contributed by atoms with Gasteiger partial charge >= 0.3 is 107 Å². The van der Waals surface area contributed by atoms with Crippen LogP contribution in [-0.4, -0.2) is 139 Å². The lowest BCUT2D eigenvalue weighted by Crippen LogP contribution is -2.74. The molecule has 0 aliphatic carbocycles. The fourth-order valence-corrected chi connectivity index (χ4v) is 4.38. The normalized spacial score (nSPS) is 16.2. The molecule has 0 atom stereocenters. The molecule has 0 aromatic carbocycles. The second kappa shape index (κ2) is 16.6. The second-order valence-corrected chi connectivity index (χ2v) is 13.5. The van der Waals surface area contributed by atoms with E-state index in [9.17, 15) is 167 Å². The van der Waals surface area contributed by atoms with Gasteiger partial charge in [-0.05, 0) is 0 Å². The van der Waals surface area contributed by atoms with Gasteiger partial charge in [0, 0.05) is 0 Å². The average Bonchev–Trinajstić information content (AvgIpc) is 3.05. The van der Waals surface area contributed by atoms with E-state index in [1.807, 2.05) is 0 Å². The summed E-state index contributed by atoms with van der Waals surface area (Å²) in [4.78, 5) is 23.6. The number of hydrogen-bond donors (Lipinski definition) is 1. The highest BCUT2D eigenvalue weighted by molar-refractivity contribution is 7.88. The smallest absolute Gasteiger partial charge is 0.460 e. The first-order valence-corrected chi connectivity index (χ1v) is 15.9. The van der Waals surface area contributed by atoms with Crippen LogP contribution in [0.5, 0.6) is 0 Å². The third kappa shape index (κ3) is 9.13. The Balaban J connectivity index is 6.47. The number of esters is 2. The summed E-state index contributed by atoms with van der Waals surface area (Å²) in [5.74, 6) is -128. The highest BCUT2D eigenvalue weighted by Gasteiger charge is 2.97. The molecule has 0 aromatic heterocycles. The first kappa shape index (κ1) is 61.5. The molecule has 0 unspecified atom stereocenters. The molecule has 0 radical (unpaired) electrons. The minimum absolute atomic E-state index is 3.15. The van der Waals surface area contributed by atoms with Gasteiger partial charge in [0.1, 0.15) is 0 Å². The SMILES string of the molecule is O=C(OCCC(F)(F)C(F)(F)C(F)(F)C(F)(F)C(F)(F)C(F)(F)C(F)(F)C(F)(F)F)C(C(=O)OCCC(F)(F)C(F)(F)C(F)(F)C(F)(F)C(F)(F)C(F)(F)C(F)(F)C(F)(F)F)S(=O)(=O)O. The first-order chi connectivity index (χ1) is 27.6. The molecule has 0 fully saturated rings. The fourth-order valence-electron chi connectivity index (χ4n) is 3.76. The Kier molecular flexibility index (Phi) is 15.7. The lowest BCUT2D eigenvalue weighted by molar-refractivity contribution is -0.461. The molecular weight excluding hydrogens is 1070 g/mol. The van der Waals surface area contributed by atoms with Crippen molar-refractivity contribution in [1.82, 2.24) is 0 Å². The molecule has 0 spiro atoms. The van der Waals surface area contributed by atoms with E-state index in [1.165, 1.54) is 0 Å². The summed E-state index contributed by atoms with van der Waals surface area (Å²) >= 11 is 0. The third-order valence-corrected chi connectivity index (χ3v) is 8.60. The minimum Gasteiger partial charge on any atom is -0.464 e. The lowest BCUT2D eigenvalue weighted by Gasteiger charge is -2.42. The van der Waals surface area contributed by atoms with Crippen molar-refractivity contribution in [2.75, 3.05) is 13.2 Å². The molecule has 65 heavy (non-hydrogen) atoms. The summed E-state index contributed by atoms with van der Waals surface area (Å²) in [6.45, 7) is -6.29. The van der Waals surface area contributed by atoms with Crippen LogP contribution < -0.4 is 0 Å². The molecule has 0 rings (SSSR count). The summed E-state index contributed by atoms with van der Waals surface area (Å²) in [6.07, 6.45) is -23.8. The van der Waals surface area contributed by atoms with Gasteiger partial charge in [-0.3, -0.25) is 4.55 Å². The number of rotatable bonds is 21. The van der Waals surface area contributed by atoms with Gasteiger partial charge in [-0.15, -0.1) is 0 Å². The van der Waals surface area contributed by atoms with Gasteiger partial charge in [-0.2, -0.15) is 158 Å². The van der Waals surface area contributed by atoms with Crippen LogP contribution in [-0.2, 0) is 29.2 Å². The number of carbonyl (C=O) groups excluding carboxylic acids is 2. The Labute approximate surface area is 331 Å². The predicted octanol–water partition coefficient (Wildman–Crippen LogP) is 10.1. The Morgan fingerprint density at radius 2 is 0.508 bits per heavy atom. The quantitative estimate of drug-likeness (QED) is 0.0528. The molecule has 1 N–H and O–H groups in total. The Bertz CT molecular complexity index is 1730. The van der Waals surface area contributed by atoms with E-state index >= 15 is 0 Å². The summed E-state index contributed by atoms with van der Waals surface area (Å²) < 4.78 is 491. The van der Waals surface area contributed by atoms with E-state index in [2.05, 4.69) is 9.47 Å². The van der Waals surface area contributed by atoms with Gasteiger partial charge in [0.25, 0.3) is 15.4 Å². The van der Waals surface area contributed by atoms with E-state index in [4.69, 9.17) is 4.55 Å². The maximum Gasteiger partial charge on any atom is 0.460 e. The molecule has 388 valence electrons. The minimum atomic E-state index is -9.15. The number of alkyl halides is 34. The van der Waals surface area contributed by atoms with Crippen molar-refractivity contribution in [2.45, 2.75) is 113 Å². The molecule has 0 bridgehead atoms. The molecular formula is C23H10F34O7S. The molecule has 0 aromatic rings. The van der Waals surface area contributed by atoms with Crippen LogP contribution >= 0.6 is 0 Å². The molecule has 0 aliphatic rings. The molecule has 42 heteroatoms. The van der Waals surface area contributed by atoms with Crippen molar-refractivity contribution in [3.63, 3.8) is 0 Å². The van der Waals surface area contributed by atoms with Gasteiger partial charge in [0.15, 0.2) is 0 Å². The van der Waals surface area contributed by atoms with E-state index in [-0.39, 0.29) is 0 Å². The molecule has 0 saturated carbocycles. The zero-order chi connectivity index (χ0) is 53.5. The second-order valence-electron chi connectivity index (χ2n) is 12.0. The van der Waals surface area contributed by atoms with Crippen LogP contribution in [0.4, 0.5) is 149 Å². The van der Waals surface area contributed by atoms with Crippen LogP contribution in [0.15, 0.2) is 0 Å². The maximum absolute atomic E-state index is 14.0. The van der Waals surface area contributed by atoms with E-state index in [0.717, 1.165) is 0 Å². The van der Waals surface area contributed by atoms with Gasteiger partial charge in [-0.25, -0.2) is 9.59 Å². The van der Waals surface area contributed by atoms with Crippen molar-refractivity contribution in [3.8, 4) is 0 Å². The van der Waals surface area contributed by atoms with Crippen LogP contribution in [0.1, 0.15) is 12.8 Å². The topological polar surface area (TPSA) is 107 Å². The van der Waals surface area contributed by atoms with Crippen LogP contribution in [0, 0.1) is 0 Å². The van der Waals surface area contributed by atoms with Crippen molar-refractivity contribution in [3.05, 3.63) is 0 Å². The molecule has 0 amide bonds. The number of carbonyl (C=O) groups is 2. The Morgan fingerprint density at radius 1 is 0.338 bits per heavy atom. The van der Waals surface area contributed by atoms with Gasteiger partial charge in [0.05, 0.1) is 26.1 Å². The zero-order valence-corrected chi connectivity index (χ0v) is 29.4. The molecule has 0 heterocycles. The van der Waals surface area contributed by atoms with Crippen molar-refractivity contribution in [2.24, 2.45) is 0 Å². The molecule has 7 nitrogen and oxygen atoms in total. The largest absolute Gasteiger partial charge is 0.464 e. The van der Waals surface area contributed by atoms with Crippen LogP contribution in [0.3, 0.4) is 0 Å². The van der Waals surface area contributed by atoms with Gasteiger partial charge in [0.2, 0.25) is 0 Å². The number of halogens is 34. The lowest BCUT2D eigenvalue weighted by atomic mass is 9.88. The van der Waals surface area contributed by atoms with E-state index in [0.29, 0.717) is 0 Å². The van der Waals surface area contributed by atoms with Crippen molar-refractivity contribution in [1.29, 1.82) is 0 Å². The molecule has 0 aliphatic heterocycles. The highest BCUT2D eigenvalue weighted by atomic mass is 32.2. The Hall–Kier alpha value is -3.53. The fraction of sp³-hybridized carbons (Fsp3) is 0.913. The van der Waals surface area contributed by atoms with Crippen LogP contribution in [0.25, 0.3) is 0 Å². The first-order valence-electron chi connectivity index (χ1n) is 14.4. The van der Waals surface area contributed by atoms with Crippen molar-refractivity contribution < 1.29 is 181 Å². The summed E-state index contributed by atoms with van der Waals surface area (Å²) in [5, 5.41) is -4.59. The molecule has 0 saturated heterocycles. The zero-order valence-electron chi connectivity index (χ0n) is 28.6. The summed E-state index contributed by atoms with van der Waals surface area (Å²) in [5.41, 5.74) is 0. The average molecular weight is 1080 g/mol. The number of ether oxygens (including phenoxy) is 2. The van der Waals surface area contributed by atoms with Crippen molar-refractivity contribution >= 4 is 22.1 Å². The van der Waals surface area contributed by atoms with E-state index < -0.39 is 149 Å². The van der Waals surface area contributed by atoms with E-state index in [1.54, 1.807) is 0 Å². The van der Waals surface area contributed by atoms with Gasteiger partial charge < -0.3 is 9.47 Å². The number of hydrogen-bond acceptors (Lipinski definition) is 6. The van der Waals surface area contributed by atoms with Gasteiger partial charge in [-0.1, -0.05) is 0 Å². The standard InChI is InChI=1S/C23H10F34O7S/c24-8(25,10(28,29)12(32,33)14(36,37)16(40,41)18(44,45)20(48,49)22(52,53)54)1-3-63-6(58)5(65(60,61)62)7(59)64-4-2-9(26,27)11(30,31)13(34,35)15(38,39)17(42,43)19(46,47)21(50,51)23(55,56)57/h5H,1-4H2,(H,60,61,62).